The summed E-state index contributed by atoms with van der Waals surface area (Å²) < 4.78 is 12.0. The molecule has 0 spiro atoms. The van der Waals surface area contributed by atoms with Crippen molar-refractivity contribution in [1.29, 1.82) is 0 Å². The molecule has 3 aliphatic rings. The lowest BCUT2D eigenvalue weighted by molar-refractivity contribution is -0.124. The minimum absolute atomic E-state index is 0.0912. The summed E-state index contributed by atoms with van der Waals surface area (Å²) in [7, 11) is 0. The molecule has 0 unspecified atom stereocenters. The highest BCUT2D eigenvalue weighted by molar-refractivity contribution is 8.18. The Morgan fingerprint density at radius 1 is 0.974 bits per heavy atom. The number of amides is 1. The first-order valence-corrected chi connectivity index (χ1v) is 15.3. The zero-order chi connectivity index (χ0) is 26.3. The van der Waals surface area contributed by atoms with Crippen molar-refractivity contribution in [2.24, 2.45) is 4.99 Å². The number of ether oxygens (including phenoxy) is 2. The van der Waals surface area contributed by atoms with E-state index in [9.17, 15) is 4.79 Å². The number of hydrogen-bond donors (Lipinski definition) is 0. The summed E-state index contributed by atoms with van der Waals surface area (Å²) in [5.41, 5.74) is 1.83. The van der Waals surface area contributed by atoms with E-state index in [1.807, 2.05) is 60.4 Å². The number of rotatable bonds is 8. The first-order chi connectivity index (χ1) is 18.6. The molecule has 2 saturated carbocycles. The summed E-state index contributed by atoms with van der Waals surface area (Å²) in [6.07, 6.45) is 13.8. The summed E-state index contributed by atoms with van der Waals surface area (Å²) in [6, 6.07) is 14.1. The molecule has 2 aromatic carbocycles. The van der Waals surface area contributed by atoms with Gasteiger partial charge in [-0.15, -0.1) is 0 Å². The minimum Gasteiger partial charge on any atom is -0.490 e. The van der Waals surface area contributed by atoms with E-state index in [0.717, 1.165) is 46.9 Å². The van der Waals surface area contributed by atoms with Crippen molar-refractivity contribution in [3.8, 4) is 11.5 Å². The third-order valence-corrected chi connectivity index (χ3v) is 8.92. The monoisotopic (exact) mass is 552 g/mol. The Bertz CT molecular complexity index is 1190. The van der Waals surface area contributed by atoms with Gasteiger partial charge < -0.3 is 9.47 Å². The molecule has 1 amide bonds. The molecule has 0 bridgehead atoms. The highest BCUT2D eigenvalue weighted by Gasteiger charge is 2.39. The molecule has 202 valence electrons. The van der Waals surface area contributed by atoms with E-state index in [-0.39, 0.29) is 11.9 Å². The fraction of sp³-hybridized carbons (Fsp3) is 0.484. The summed E-state index contributed by atoms with van der Waals surface area (Å²) in [4.78, 5) is 21.6. The zero-order valence-corrected chi connectivity index (χ0v) is 23.7. The molecule has 5 rings (SSSR count). The number of halogens is 1. The van der Waals surface area contributed by atoms with Crippen LogP contribution < -0.4 is 9.47 Å². The molecule has 1 heterocycles. The van der Waals surface area contributed by atoms with Crippen molar-refractivity contribution >= 4 is 40.5 Å². The lowest BCUT2D eigenvalue weighted by atomic mass is 9.94. The molecular weight excluding hydrogens is 516 g/mol. The molecule has 1 saturated heterocycles. The molecule has 1 aliphatic heterocycles. The van der Waals surface area contributed by atoms with Crippen LogP contribution in [0.3, 0.4) is 0 Å². The zero-order valence-electron chi connectivity index (χ0n) is 22.2. The van der Waals surface area contributed by atoms with Gasteiger partial charge in [0.1, 0.15) is 6.61 Å². The van der Waals surface area contributed by atoms with Crippen molar-refractivity contribution in [3.63, 3.8) is 0 Å². The molecule has 5 nitrogen and oxygen atoms in total. The Morgan fingerprint density at radius 2 is 1.71 bits per heavy atom. The Morgan fingerprint density at radius 3 is 2.45 bits per heavy atom. The number of aliphatic imine (C=N–C) groups is 1. The molecule has 2 aromatic rings. The second-order valence-corrected chi connectivity index (χ2v) is 11.7. The van der Waals surface area contributed by atoms with Gasteiger partial charge in [-0.3, -0.25) is 14.7 Å². The number of thioether (sulfide) groups is 1. The number of carbonyl (C=O) groups excluding carboxylic acids is 1. The van der Waals surface area contributed by atoms with Crippen LogP contribution in [0.1, 0.15) is 82.3 Å². The van der Waals surface area contributed by atoms with Crippen molar-refractivity contribution in [3.05, 3.63) is 63.5 Å². The first kappa shape index (κ1) is 27.1. The Balaban J connectivity index is 1.38. The molecule has 0 atom stereocenters. The van der Waals surface area contributed by atoms with Gasteiger partial charge in [0.05, 0.1) is 17.6 Å². The van der Waals surface area contributed by atoms with Crippen LogP contribution in [-0.4, -0.2) is 34.7 Å². The molecule has 7 heteroatoms. The van der Waals surface area contributed by atoms with Crippen LogP contribution in [0.15, 0.2) is 52.4 Å². The SMILES string of the molecule is CCOc1cc(C=C2SC(=NC3CCCCC3)N(C3CCCCC3)C2=O)ccc1OCc1ccccc1Cl. The quantitative estimate of drug-likeness (QED) is 0.309. The first-order valence-electron chi connectivity index (χ1n) is 14.1. The normalized spacial score (nSPS) is 21.4. The fourth-order valence-corrected chi connectivity index (χ4v) is 6.83. The number of nitrogens with zero attached hydrogens (tertiary/aromatic N) is 2. The second-order valence-electron chi connectivity index (χ2n) is 10.3. The molecule has 38 heavy (non-hydrogen) atoms. The molecule has 0 radical (unpaired) electrons. The smallest absolute Gasteiger partial charge is 0.266 e. The van der Waals surface area contributed by atoms with Crippen molar-refractivity contribution in [1.82, 2.24) is 4.90 Å². The number of hydrogen-bond acceptors (Lipinski definition) is 5. The van der Waals surface area contributed by atoms with Crippen LogP contribution in [0.5, 0.6) is 11.5 Å². The summed E-state index contributed by atoms with van der Waals surface area (Å²) >= 11 is 7.84. The summed E-state index contributed by atoms with van der Waals surface area (Å²) in [5, 5.41) is 1.58. The number of benzene rings is 2. The van der Waals surface area contributed by atoms with Crippen LogP contribution in [-0.2, 0) is 11.4 Å². The molecular formula is C31H37ClN2O3S. The van der Waals surface area contributed by atoms with Crippen molar-refractivity contribution in [2.45, 2.75) is 89.8 Å². The third-order valence-electron chi connectivity index (χ3n) is 7.55. The predicted molar refractivity (Wildman–Crippen MR) is 157 cm³/mol. The maximum absolute atomic E-state index is 13.7. The van der Waals surface area contributed by atoms with Gasteiger partial charge in [-0.25, -0.2) is 0 Å². The van der Waals surface area contributed by atoms with Crippen LogP contribution in [0.2, 0.25) is 5.02 Å². The Labute approximate surface area is 235 Å². The molecule has 3 fully saturated rings. The highest BCUT2D eigenvalue weighted by atomic mass is 35.5. The maximum Gasteiger partial charge on any atom is 0.266 e. The van der Waals surface area contributed by atoms with Crippen molar-refractivity contribution in [2.75, 3.05) is 6.61 Å². The summed E-state index contributed by atoms with van der Waals surface area (Å²) in [6.45, 7) is 2.82. The minimum atomic E-state index is 0.0912. The van der Waals surface area contributed by atoms with Crippen LogP contribution in [0.4, 0.5) is 0 Å². The van der Waals surface area contributed by atoms with Gasteiger partial charge in [0.15, 0.2) is 16.7 Å². The van der Waals surface area contributed by atoms with Crippen molar-refractivity contribution < 1.29 is 14.3 Å². The van der Waals surface area contributed by atoms with Gasteiger partial charge in [-0.05, 0) is 74.2 Å². The molecule has 2 aliphatic carbocycles. The third kappa shape index (κ3) is 6.58. The van der Waals surface area contributed by atoms with Gasteiger partial charge in [0, 0.05) is 16.6 Å². The summed E-state index contributed by atoms with van der Waals surface area (Å²) in [5.74, 6) is 1.40. The van der Waals surface area contributed by atoms with Gasteiger partial charge in [-0.2, -0.15) is 0 Å². The maximum atomic E-state index is 13.7. The van der Waals surface area contributed by atoms with Crippen LogP contribution in [0, 0.1) is 0 Å². The number of amidine groups is 1. The van der Waals surface area contributed by atoms with E-state index >= 15 is 0 Å². The highest BCUT2D eigenvalue weighted by Crippen LogP contribution is 2.39. The topological polar surface area (TPSA) is 51.1 Å². The van der Waals surface area contributed by atoms with Gasteiger partial charge in [0.2, 0.25) is 0 Å². The van der Waals surface area contributed by atoms with E-state index in [1.165, 1.54) is 38.5 Å². The Hall–Kier alpha value is -2.44. The molecule has 0 aromatic heterocycles. The standard InChI is InChI=1S/C31H37ClN2O3S/c1-2-36-28-19-22(17-18-27(28)37-21-23-11-9-10-16-26(23)32)20-29-30(35)34(25-14-7-4-8-15-25)31(38-29)33-24-12-5-3-6-13-24/h9-11,16-20,24-25H,2-8,12-15,21H2,1H3. The van der Waals surface area contributed by atoms with Crippen LogP contribution in [0.25, 0.3) is 6.08 Å². The van der Waals surface area contributed by atoms with E-state index in [2.05, 4.69) is 0 Å². The van der Waals surface area contributed by atoms with E-state index < -0.39 is 0 Å². The second kappa shape index (κ2) is 13.1. The lowest BCUT2D eigenvalue weighted by Gasteiger charge is -2.31. The molecule has 0 N–H and O–H groups in total. The lowest BCUT2D eigenvalue weighted by Crippen LogP contribution is -2.41. The predicted octanol–water partition coefficient (Wildman–Crippen LogP) is 8.26. The Kier molecular flexibility index (Phi) is 9.34. The average molecular weight is 553 g/mol. The van der Waals surface area contributed by atoms with Gasteiger partial charge in [0.25, 0.3) is 5.91 Å². The fourth-order valence-electron chi connectivity index (χ4n) is 5.53. The van der Waals surface area contributed by atoms with Crippen LogP contribution >= 0.6 is 23.4 Å². The largest absolute Gasteiger partial charge is 0.490 e. The van der Waals surface area contributed by atoms with Gasteiger partial charge in [-0.1, -0.05) is 74.4 Å². The van der Waals surface area contributed by atoms with E-state index in [0.29, 0.717) is 35.8 Å². The number of carbonyl (C=O) groups is 1. The van der Waals surface area contributed by atoms with Gasteiger partial charge >= 0.3 is 0 Å². The average Bonchev–Trinajstić information content (AvgIpc) is 3.24. The van der Waals surface area contributed by atoms with E-state index in [1.54, 1.807) is 11.8 Å². The van der Waals surface area contributed by atoms with E-state index in [4.69, 9.17) is 26.1 Å².